The Labute approximate surface area is 149 Å². The quantitative estimate of drug-likeness (QED) is 0.526. The fraction of sp³-hybridized carbons (Fsp3) is 0.286. The van der Waals surface area contributed by atoms with Gasteiger partial charge in [0.15, 0.2) is 0 Å². The molecule has 0 unspecified atom stereocenters. The second-order valence-corrected chi connectivity index (χ2v) is 6.63. The van der Waals surface area contributed by atoms with Gasteiger partial charge in [-0.05, 0) is 66.6 Å². The van der Waals surface area contributed by atoms with Gasteiger partial charge in [-0.3, -0.25) is 0 Å². The molecule has 24 heavy (non-hydrogen) atoms. The molecule has 0 radical (unpaired) electrons. The minimum Gasteiger partial charge on any atom is -0.240 e. The molecule has 0 bridgehead atoms. The highest BCUT2D eigenvalue weighted by Gasteiger charge is 2.15. The Balaban J connectivity index is 2.13. The van der Waals surface area contributed by atoms with Crippen LogP contribution in [0.1, 0.15) is 43.9 Å². The van der Waals surface area contributed by atoms with Gasteiger partial charge in [0.1, 0.15) is 0 Å². The summed E-state index contributed by atoms with van der Waals surface area (Å²) >= 11 is 6.02. The van der Waals surface area contributed by atoms with Crippen LogP contribution in [0.3, 0.4) is 0 Å². The van der Waals surface area contributed by atoms with Gasteiger partial charge in [0.05, 0.1) is 11.4 Å². The van der Waals surface area contributed by atoms with Crippen LogP contribution in [-0.4, -0.2) is 9.78 Å². The molecule has 0 amide bonds. The predicted octanol–water partition coefficient (Wildman–Crippen LogP) is 6.40. The maximum Gasteiger partial charge on any atom is 0.0686 e. The molecule has 0 atom stereocenters. The molecule has 2 aromatic carbocycles. The average molecular weight is 339 g/mol. The first-order valence-corrected chi connectivity index (χ1v) is 8.92. The molecular weight excluding hydrogens is 316 g/mol. The van der Waals surface area contributed by atoms with Crippen LogP contribution in [0.15, 0.2) is 54.7 Å². The number of aromatic nitrogens is 2. The van der Waals surface area contributed by atoms with Crippen LogP contribution >= 0.6 is 11.6 Å². The predicted molar refractivity (Wildman–Crippen MR) is 102 cm³/mol. The number of hydrogen-bond donors (Lipinski definition) is 0. The Morgan fingerprint density at radius 2 is 1.62 bits per heavy atom. The summed E-state index contributed by atoms with van der Waals surface area (Å²) in [5.74, 6) is 0.545. The largest absolute Gasteiger partial charge is 0.240 e. The van der Waals surface area contributed by atoms with Crippen LogP contribution in [0.5, 0.6) is 0 Å². The maximum absolute atomic E-state index is 6.02. The Morgan fingerprint density at radius 3 is 2.21 bits per heavy atom. The van der Waals surface area contributed by atoms with Crippen molar-refractivity contribution in [3.05, 3.63) is 71.0 Å². The molecule has 0 aliphatic heterocycles. The molecule has 1 heterocycles. The molecular formula is C21H23ClN2. The van der Waals surface area contributed by atoms with Crippen molar-refractivity contribution in [2.45, 2.75) is 39.5 Å². The summed E-state index contributed by atoms with van der Waals surface area (Å²) in [4.78, 5) is 0. The molecule has 0 aliphatic carbocycles. The number of aryl methyl sites for hydroxylation is 1. The van der Waals surface area contributed by atoms with E-state index in [-0.39, 0.29) is 0 Å². The SMILES string of the molecule is CCC(CC)c1ccc(-c2ccc(Cl)cc2)cc1-n1ccc(C)n1. The Hall–Kier alpha value is -2.06. The first-order chi connectivity index (χ1) is 11.6. The molecule has 0 saturated carbocycles. The Bertz CT molecular complexity index is 814. The number of nitrogens with zero attached hydrogens (tertiary/aromatic N) is 2. The van der Waals surface area contributed by atoms with Crippen molar-refractivity contribution in [2.24, 2.45) is 0 Å². The van der Waals surface area contributed by atoms with Gasteiger partial charge in [-0.25, -0.2) is 4.68 Å². The van der Waals surface area contributed by atoms with Gasteiger partial charge >= 0.3 is 0 Å². The monoisotopic (exact) mass is 338 g/mol. The molecule has 0 N–H and O–H groups in total. The first-order valence-electron chi connectivity index (χ1n) is 8.55. The lowest BCUT2D eigenvalue weighted by Crippen LogP contribution is -2.05. The van der Waals surface area contributed by atoms with Gasteiger partial charge in [-0.2, -0.15) is 5.10 Å². The van der Waals surface area contributed by atoms with Crippen LogP contribution in [0.4, 0.5) is 0 Å². The maximum atomic E-state index is 6.02. The summed E-state index contributed by atoms with van der Waals surface area (Å²) in [7, 11) is 0. The fourth-order valence-electron chi connectivity index (χ4n) is 3.19. The van der Waals surface area contributed by atoms with E-state index in [1.165, 1.54) is 22.4 Å². The standard InChI is InChI=1S/C21H23ClN2/c1-4-16(5-2)20-11-8-18(17-6-9-19(22)10-7-17)14-21(20)24-13-12-15(3)23-24/h6-14,16H,4-5H2,1-3H3. The van der Waals surface area contributed by atoms with Crippen LogP contribution in [0.25, 0.3) is 16.8 Å². The summed E-state index contributed by atoms with van der Waals surface area (Å²) in [5.41, 5.74) is 5.91. The van der Waals surface area contributed by atoms with Crippen molar-refractivity contribution in [3.8, 4) is 16.8 Å². The van der Waals surface area contributed by atoms with E-state index < -0.39 is 0 Å². The zero-order chi connectivity index (χ0) is 17.1. The van der Waals surface area contributed by atoms with Crippen LogP contribution in [0, 0.1) is 6.92 Å². The summed E-state index contributed by atoms with van der Waals surface area (Å²) in [6.45, 7) is 6.52. The van der Waals surface area contributed by atoms with Crippen molar-refractivity contribution in [3.63, 3.8) is 0 Å². The molecule has 0 aliphatic rings. The highest BCUT2D eigenvalue weighted by Crippen LogP contribution is 2.32. The smallest absolute Gasteiger partial charge is 0.0686 e. The molecule has 0 saturated heterocycles. The van der Waals surface area contributed by atoms with Crippen molar-refractivity contribution in [1.82, 2.24) is 9.78 Å². The lowest BCUT2D eigenvalue weighted by Gasteiger charge is -2.19. The molecule has 1 aromatic heterocycles. The van der Waals surface area contributed by atoms with Crippen molar-refractivity contribution in [1.29, 1.82) is 0 Å². The lowest BCUT2D eigenvalue weighted by atomic mass is 9.90. The number of rotatable bonds is 5. The third-order valence-corrected chi connectivity index (χ3v) is 4.85. The normalized spacial score (nSPS) is 11.2. The van der Waals surface area contributed by atoms with E-state index in [1.807, 2.05) is 36.0 Å². The summed E-state index contributed by atoms with van der Waals surface area (Å²) in [5, 5.41) is 5.40. The van der Waals surface area contributed by atoms with E-state index in [9.17, 15) is 0 Å². The molecule has 3 heteroatoms. The van der Waals surface area contributed by atoms with E-state index in [0.29, 0.717) is 5.92 Å². The van der Waals surface area contributed by atoms with E-state index in [2.05, 4.69) is 49.3 Å². The van der Waals surface area contributed by atoms with E-state index >= 15 is 0 Å². The van der Waals surface area contributed by atoms with Crippen LogP contribution in [0.2, 0.25) is 5.02 Å². The van der Waals surface area contributed by atoms with Crippen molar-refractivity contribution >= 4 is 11.6 Å². The highest BCUT2D eigenvalue weighted by molar-refractivity contribution is 6.30. The fourth-order valence-corrected chi connectivity index (χ4v) is 3.31. The Morgan fingerprint density at radius 1 is 0.958 bits per heavy atom. The number of hydrogen-bond acceptors (Lipinski definition) is 1. The molecule has 0 fully saturated rings. The first kappa shape index (κ1) is 16.8. The zero-order valence-electron chi connectivity index (χ0n) is 14.5. The van der Waals surface area contributed by atoms with E-state index in [0.717, 1.165) is 23.6 Å². The minimum atomic E-state index is 0.545. The zero-order valence-corrected chi connectivity index (χ0v) is 15.2. The van der Waals surface area contributed by atoms with Crippen molar-refractivity contribution in [2.75, 3.05) is 0 Å². The van der Waals surface area contributed by atoms with Gasteiger partial charge in [-0.15, -0.1) is 0 Å². The van der Waals surface area contributed by atoms with Gasteiger partial charge in [0, 0.05) is 11.2 Å². The van der Waals surface area contributed by atoms with E-state index in [1.54, 1.807) is 0 Å². The van der Waals surface area contributed by atoms with E-state index in [4.69, 9.17) is 11.6 Å². The van der Waals surface area contributed by atoms with Crippen LogP contribution in [-0.2, 0) is 0 Å². The number of halogens is 1. The lowest BCUT2D eigenvalue weighted by molar-refractivity contribution is 0.634. The molecule has 3 aromatic rings. The Kier molecular flexibility index (Phi) is 5.06. The minimum absolute atomic E-state index is 0.545. The third kappa shape index (κ3) is 3.39. The summed E-state index contributed by atoms with van der Waals surface area (Å²) in [6.07, 6.45) is 4.30. The average Bonchev–Trinajstić information content (AvgIpc) is 3.03. The number of benzene rings is 2. The topological polar surface area (TPSA) is 17.8 Å². The highest BCUT2D eigenvalue weighted by atomic mass is 35.5. The van der Waals surface area contributed by atoms with Crippen molar-refractivity contribution < 1.29 is 0 Å². The summed E-state index contributed by atoms with van der Waals surface area (Å²) < 4.78 is 2.00. The molecule has 0 spiro atoms. The molecule has 2 nitrogen and oxygen atoms in total. The van der Waals surface area contributed by atoms with Gasteiger partial charge in [0.2, 0.25) is 0 Å². The molecule has 124 valence electrons. The van der Waals surface area contributed by atoms with Gasteiger partial charge in [-0.1, -0.05) is 49.7 Å². The third-order valence-electron chi connectivity index (χ3n) is 4.60. The van der Waals surface area contributed by atoms with Crippen LogP contribution < -0.4 is 0 Å². The second-order valence-electron chi connectivity index (χ2n) is 6.20. The molecule has 3 rings (SSSR count). The van der Waals surface area contributed by atoms with Gasteiger partial charge < -0.3 is 0 Å². The van der Waals surface area contributed by atoms with Gasteiger partial charge in [0.25, 0.3) is 0 Å². The second kappa shape index (κ2) is 7.23. The summed E-state index contributed by atoms with van der Waals surface area (Å²) in [6, 6.07) is 16.7.